The molecule has 2 aliphatic rings. The largest absolute Gasteiger partial charge is 0.396 e. The third-order valence-electron chi connectivity index (χ3n) is 4.00. The smallest absolute Gasteiger partial charge is 0.157 e. The molecule has 1 saturated heterocycles. The summed E-state index contributed by atoms with van der Waals surface area (Å²) in [5.41, 5.74) is 13.2. The number of morpholine rings is 1. The highest BCUT2D eigenvalue weighted by Crippen LogP contribution is 2.28. The number of hydrogen-bond donors (Lipinski definition) is 3. The maximum atomic E-state index is 6.47. The molecule has 1 atom stereocenters. The Bertz CT molecular complexity index is 657. The molecule has 0 bridgehead atoms. The van der Waals surface area contributed by atoms with Crippen molar-refractivity contribution in [1.82, 2.24) is 10.2 Å². The van der Waals surface area contributed by atoms with Crippen LogP contribution >= 0.6 is 23.2 Å². The predicted octanol–water partition coefficient (Wildman–Crippen LogP) is 1.28. The summed E-state index contributed by atoms with van der Waals surface area (Å²) in [6.07, 6.45) is 2.03. The summed E-state index contributed by atoms with van der Waals surface area (Å²) in [6, 6.07) is 5.41. The highest BCUT2D eigenvalue weighted by molar-refractivity contribution is 6.42. The van der Waals surface area contributed by atoms with E-state index in [-0.39, 0.29) is 0 Å². The molecule has 3 rings (SSSR count). The first-order chi connectivity index (χ1) is 11.0. The van der Waals surface area contributed by atoms with Crippen molar-refractivity contribution >= 4 is 29.5 Å². The van der Waals surface area contributed by atoms with Gasteiger partial charge >= 0.3 is 0 Å². The fraction of sp³-hybridized carbons (Fsp3) is 0.400. The third-order valence-corrected chi connectivity index (χ3v) is 4.74. The van der Waals surface area contributed by atoms with Crippen LogP contribution in [0, 0.1) is 0 Å². The van der Waals surface area contributed by atoms with E-state index in [0.717, 1.165) is 24.5 Å². The Kier molecular flexibility index (Phi) is 4.68. The second kappa shape index (κ2) is 6.57. The lowest BCUT2D eigenvalue weighted by Crippen LogP contribution is -2.53. The highest BCUT2D eigenvalue weighted by Gasteiger charge is 2.34. The summed E-state index contributed by atoms with van der Waals surface area (Å²) in [4.78, 5) is 6.49. The van der Waals surface area contributed by atoms with Gasteiger partial charge in [-0.2, -0.15) is 0 Å². The van der Waals surface area contributed by atoms with Gasteiger partial charge in [-0.05, 0) is 17.7 Å². The standard InChI is InChI=1S/C15H19Cl2N5O/c16-11-2-1-10(7-12(11)17)8-15(19)13(18)14(20-9-21-15)22-3-5-23-6-4-22/h1-2,7,9H,3-6,8,18-19H2,(H,20,21). The van der Waals surface area contributed by atoms with E-state index in [1.165, 1.54) is 0 Å². The van der Waals surface area contributed by atoms with Crippen molar-refractivity contribution in [3.8, 4) is 0 Å². The molecule has 0 aromatic heterocycles. The molecule has 5 N–H and O–H groups in total. The van der Waals surface area contributed by atoms with Crippen LogP contribution in [0.2, 0.25) is 10.0 Å². The summed E-state index contributed by atoms with van der Waals surface area (Å²) >= 11 is 12.0. The number of ether oxygens (including phenoxy) is 1. The number of rotatable bonds is 3. The van der Waals surface area contributed by atoms with Gasteiger partial charge in [-0.15, -0.1) is 0 Å². The minimum Gasteiger partial charge on any atom is -0.396 e. The monoisotopic (exact) mass is 355 g/mol. The molecule has 0 radical (unpaired) electrons. The number of hydrogen-bond acceptors (Lipinski definition) is 6. The minimum atomic E-state index is -1.02. The lowest BCUT2D eigenvalue weighted by atomic mass is 9.96. The molecule has 8 heteroatoms. The van der Waals surface area contributed by atoms with E-state index < -0.39 is 5.66 Å². The van der Waals surface area contributed by atoms with Crippen LogP contribution in [-0.4, -0.2) is 43.2 Å². The van der Waals surface area contributed by atoms with Crippen LogP contribution in [-0.2, 0) is 11.2 Å². The number of aliphatic imine (C=N–C) groups is 1. The molecule has 0 amide bonds. The molecule has 6 nitrogen and oxygen atoms in total. The van der Waals surface area contributed by atoms with Crippen LogP contribution < -0.4 is 16.8 Å². The lowest BCUT2D eigenvalue weighted by molar-refractivity contribution is 0.0503. The van der Waals surface area contributed by atoms with Gasteiger partial charge in [0.1, 0.15) is 5.82 Å². The van der Waals surface area contributed by atoms with Crippen LogP contribution in [0.5, 0.6) is 0 Å². The van der Waals surface area contributed by atoms with Crippen molar-refractivity contribution < 1.29 is 4.74 Å². The fourth-order valence-electron chi connectivity index (χ4n) is 2.71. The molecule has 1 unspecified atom stereocenters. The first-order valence-electron chi connectivity index (χ1n) is 7.35. The van der Waals surface area contributed by atoms with Crippen molar-refractivity contribution in [2.45, 2.75) is 12.1 Å². The Balaban J connectivity index is 1.86. The summed E-state index contributed by atoms with van der Waals surface area (Å²) in [5.74, 6) is 0.797. The van der Waals surface area contributed by atoms with Crippen molar-refractivity contribution in [2.75, 3.05) is 26.3 Å². The Labute approximate surface area is 145 Å². The molecule has 0 spiro atoms. The van der Waals surface area contributed by atoms with E-state index in [1.807, 2.05) is 6.07 Å². The summed E-state index contributed by atoms with van der Waals surface area (Å²) in [6.45, 7) is 2.86. The van der Waals surface area contributed by atoms with Crippen LogP contribution in [0.3, 0.4) is 0 Å². The normalized spacial score (nSPS) is 24.7. The Morgan fingerprint density at radius 1 is 1.26 bits per heavy atom. The van der Waals surface area contributed by atoms with Crippen molar-refractivity contribution in [3.63, 3.8) is 0 Å². The number of nitrogens with zero attached hydrogens (tertiary/aromatic N) is 2. The Hall–Kier alpha value is -1.47. The van der Waals surface area contributed by atoms with Gasteiger partial charge < -0.3 is 26.4 Å². The van der Waals surface area contributed by atoms with Gasteiger partial charge in [0.25, 0.3) is 0 Å². The Morgan fingerprint density at radius 2 is 2.00 bits per heavy atom. The van der Waals surface area contributed by atoms with Gasteiger partial charge in [-0.1, -0.05) is 29.3 Å². The van der Waals surface area contributed by atoms with Crippen LogP contribution in [0.1, 0.15) is 5.56 Å². The SMILES string of the molecule is NC1=C(N2CCOCC2)NC=NC1(N)Cc1ccc(Cl)c(Cl)c1. The average Bonchev–Trinajstić information content (AvgIpc) is 2.55. The second-order valence-corrected chi connectivity index (χ2v) is 6.43. The predicted molar refractivity (Wildman–Crippen MR) is 92.3 cm³/mol. The summed E-state index contributed by atoms with van der Waals surface area (Å²) in [5, 5.41) is 4.10. The zero-order valence-corrected chi connectivity index (χ0v) is 14.1. The van der Waals surface area contributed by atoms with Gasteiger partial charge in [0.05, 0.1) is 35.3 Å². The topological polar surface area (TPSA) is 88.9 Å². The number of halogens is 2. The summed E-state index contributed by atoms with van der Waals surface area (Å²) in [7, 11) is 0. The Morgan fingerprint density at radius 3 is 2.70 bits per heavy atom. The van der Waals surface area contributed by atoms with Gasteiger partial charge in [-0.25, -0.2) is 4.99 Å². The zero-order chi connectivity index (χ0) is 16.4. The zero-order valence-electron chi connectivity index (χ0n) is 12.6. The van der Waals surface area contributed by atoms with Crippen LogP contribution in [0.25, 0.3) is 0 Å². The number of nitrogens with one attached hydrogen (secondary N) is 1. The molecule has 0 aliphatic carbocycles. The van der Waals surface area contributed by atoms with Crippen molar-refractivity contribution in [2.24, 2.45) is 16.5 Å². The molecule has 1 fully saturated rings. The molecule has 2 heterocycles. The van der Waals surface area contributed by atoms with E-state index in [4.69, 9.17) is 39.4 Å². The highest BCUT2D eigenvalue weighted by atomic mass is 35.5. The van der Waals surface area contributed by atoms with Gasteiger partial charge in [0.2, 0.25) is 0 Å². The van der Waals surface area contributed by atoms with E-state index in [2.05, 4.69) is 15.2 Å². The molecule has 1 aromatic carbocycles. The molecular weight excluding hydrogens is 337 g/mol. The fourth-order valence-corrected chi connectivity index (χ4v) is 3.03. The molecular formula is C15H19Cl2N5O. The van der Waals surface area contributed by atoms with Gasteiger partial charge in [0, 0.05) is 19.5 Å². The molecule has 1 aromatic rings. The molecule has 2 aliphatic heterocycles. The first kappa shape index (κ1) is 16.4. The average molecular weight is 356 g/mol. The number of nitrogens with two attached hydrogens (primary N) is 2. The third kappa shape index (κ3) is 3.40. The van der Waals surface area contributed by atoms with E-state index in [0.29, 0.717) is 35.4 Å². The van der Waals surface area contributed by atoms with E-state index in [1.54, 1.807) is 18.5 Å². The molecule has 0 saturated carbocycles. The van der Waals surface area contributed by atoms with Gasteiger partial charge in [-0.3, -0.25) is 0 Å². The lowest BCUT2D eigenvalue weighted by Gasteiger charge is -2.37. The molecule has 124 valence electrons. The number of benzene rings is 1. The van der Waals surface area contributed by atoms with E-state index >= 15 is 0 Å². The maximum absolute atomic E-state index is 6.47. The quantitative estimate of drug-likeness (QED) is 0.759. The van der Waals surface area contributed by atoms with E-state index in [9.17, 15) is 0 Å². The second-order valence-electron chi connectivity index (χ2n) is 5.61. The van der Waals surface area contributed by atoms with Gasteiger partial charge in [0.15, 0.2) is 5.66 Å². The summed E-state index contributed by atoms with van der Waals surface area (Å²) < 4.78 is 5.37. The molecule has 23 heavy (non-hydrogen) atoms. The van der Waals surface area contributed by atoms with Crippen molar-refractivity contribution in [3.05, 3.63) is 45.3 Å². The maximum Gasteiger partial charge on any atom is 0.157 e. The van der Waals surface area contributed by atoms with Crippen LogP contribution in [0.15, 0.2) is 34.7 Å². The first-order valence-corrected chi connectivity index (χ1v) is 8.11. The van der Waals surface area contributed by atoms with Crippen molar-refractivity contribution in [1.29, 1.82) is 0 Å². The van der Waals surface area contributed by atoms with Crippen LogP contribution in [0.4, 0.5) is 0 Å². The minimum absolute atomic E-state index is 0.432.